The molecule has 140 valence electrons. The zero-order valence-electron chi connectivity index (χ0n) is 14.3. The first-order valence-corrected chi connectivity index (χ1v) is 11.4. The summed E-state index contributed by atoms with van der Waals surface area (Å²) in [5, 5.41) is 4.69. The summed E-state index contributed by atoms with van der Waals surface area (Å²) in [6.45, 7) is 3.95. The molecule has 0 bridgehead atoms. The monoisotopic (exact) mass is 458 g/mol. The number of carbonyl (C=O) groups excluding carboxylic acids is 1. The van der Waals surface area contributed by atoms with Crippen LogP contribution in [-0.4, -0.2) is 50.9 Å². The number of hydrogen-bond acceptors (Lipinski definition) is 4. The zero-order chi connectivity index (χ0) is 18.7. The van der Waals surface area contributed by atoms with Gasteiger partial charge in [-0.05, 0) is 42.6 Å². The molecule has 0 unspecified atom stereocenters. The van der Waals surface area contributed by atoms with Crippen molar-refractivity contribution in [3.63, 3.8) is 0 Å². The first-order chi connectivity index (χ1) is 12.4. The summed E-state index contributed by atoms with van der Waals surface area (Å²) >= 11 is 4.60. The van der Waals surface area contributed by atoms with Crippen molar-refractivity contribution in [1.29, 1.82) is 0 Å². The second-order valence-electron chi connectivity index (χ2n) is 6.21. The lowest BCUT2D eigenvalue weighted by atomic mass is 10.2. The Morgan fingerprint density at radius 2 is 1.88 bits per heavy atom. The molecular weight excluding hydrogens is 438 g/mol. The van der Waals surface area contributed by atoms with E-state index in [-0.39, 0.29) is 11.9 Å². The molecule has 1 aromatic heterocycles. The van der Waals surface area contributed by atoms with Crippen LogP contribution in [0.25, 0.3) is 0 Å². The van der Waals surface area contributed by atoms with E-state index in [4.69, 9.17) is 0 Å². The van der Waals surface area contributed by atoms with Crippen molar-refractivity contribution in [2.75, 3.05) is 31.5 Å². The van der Waals surface area contributed by atoms with Crippen molar-refractivity contribution in [1.82, 2.24) is 4.31 Å². The van der Waals surface area contributed by atoms with E-state index in [9.17, 15) is 13.2 Å². The molecule has 1 atom stereocenters. The highest BCUT2D eigenvalue weighted by molar-refractivity contribution is 9.10. The Morgan fingerprint density at radius 3 is 2.46 bits per heavy atom. The highest BCUT2D eigenvalue weighted by Crippen LogP contribution is 2.20. The van der Waals surface area contributed by atoms with Crippen LogP contribution in [-0.2, 0) is 14.8 Å². The predicted octanol–water partition coefficient (Wildman–Crippen LogP) is 1.43. The summed E-state index contributed by atoms with van der Waals surface area (Å²) in [6, 6.07) is 10.6. The van der Waals surface area contributed by atoms with Gasteiger partial charge in [0.05, 0.1) is 26.2 Å². The lowest BCUT2D eigenvalue weighted by Gasteiger charge is -2.33. The maximum absolute atomic E-state index is 12.6. The van der Waals surface area contributed by atoms with Crippen LogP contribution >= 0.6 is 27.3 Å². The number of hydrogen-bond donors (Lipinski definition) is 2. The van der Waals surface area contributed by atoms with Crippen molar-refractivity contribution in [2.24, 2.45) is 0 Å². The summed E-state index contributed by atoms with van der Waals surface area (Å²) in [4.78, 5) is 13.6. The normalized spacial score (nSPS) is 17.8. The topological polar surface area (TPSA) is 70.9 Å². The summed E-state index contributed by atoms with van der Waals surface area (Å²) in [5.41, 5.74) is 0.753. The van der Waals surface area contributed by atoms with Crippen LogP contribution < -0.4 is 10.2 Å². The van der Waals surface area contributed by atoms with Crippen LogP contribution in [0.4, 0.5) is 5.69 Å². The maximum Gasteiger partial charge on any atom is 0.282 e. The molecule has 0 saturated carbocycles. The van der Waals surface area contributed by atoms with E-state index in [0.717, 1.165) is 15.1 Å². The van der Waals surface area contributed by atoms with Gasteiger partial charge in [0.25, 0.3) is 15.9 Å². The molecule has 2 N–H and O–H groups in total. The average Bonchev–Trinajstić information content (AvgIpc) is 3.18. The van der Waals surface area contributed by atoms with Crippen LogP contribution in [0, 0.1) is 0 Å². The third-order valence-corrected chi connectivity index (χ3v) is 8.37. The largest absolute Gasteiger partial charge is 0.323 e. The molecule has 1 amide bonds. The molecule has 1 fully saturated rings. The molecule has 2 heterocycles. The van der Waals surface area contributed by atoms with Gasteiger partial charge in [0.2, 0.25) is 0 Å². The second kappa shape index (κ2) is 8.18. The van der Waals surface area contributed by atoms with Gasteiger partial charge in [-0.25, -0.2) is 8.42 Å². The van der Waals surface area contributed by atoms with E-state index in [1.54, 1.807) is 17.5 Å². The fraction of sp³-hybridized carbons (Fsp3) is 0.353. The summed E-state index contributed by atoms with van der Waals surface area (Å²) in [6.07, 6.45) is 0. The minimum atomic E-state index is -3.41. The minimum Gasteiger partial charge on any atom is -0.323 e. The molecule has 26 heavy (non-hydrogen) atoms. The minimum absolute atomic E-state index is 0.0584. The Hall–Kier alpha value is -1.26. The third kappa shape index (κ3) is 4.34. The van der Waals surface area contributed by atoms with Crippen molar-refractivity contribution in [3.05, 3.63) is 46.3 Å². The molecule has 3 rings (SSSR count). The Bertz CT molecular complexity index is 846. The van der Waals surface area contributed by atoms with Crippen LogP contribution in [0.1, 0.15) is 6.92 Å². The van der Waals surface area contributed by atoms with Gasteiger partial charge in [-0.1, -0.05) is 22.0 Å². The van der Waals surface area contributed by atoms with Crippen molar-refractivity contribution in [3.8, 4) is 0 Å². The van der Waals surface area contributed by atoms with Gasteiger partial charge < -0.3 is 10.2 Å². The molecule has 6 nitrogen and oxygen atoms in total. The number of halogens is 1. The highest BCUT2D eigenvalue weighted by Gasteiger charge is 2.34. The Labute approximate surface area is 166 Å². The number of thiophene rings is 1. The molecule has 1 aromatic carbocycles. The fourth-order valence-electron chi connectivity index (χ4n) is 2.95. The smallest absolute Gasteiger partial charge is 0.282 e. The maximum atomic E-state index is 12.6. The standard InChI is InChI=1S/C17H20BrN3O3S2/c1-13(17(22)19-15-6-4-14(18)5-7-15)20-8-10-21(11-9-20)26(23,24)16-3-2-12-25-16/h2-7,12-13H,8-11H2,1H3,(H,19,22)/p+1/t13-/m1/s1. The molecule has 0 aliphatic carbocycles. The summed E-state index contributed by atoms with van der Waals surface area (Å²) < 4.78 is 28.0. The van der Waals surface area contributed by atoms with E-state index in [2.05, 4.69) is 21.2 Å². The Balaban J connectivity index is 1.57. The quantitative estimate of drug-likeness (QED) is 0.711. The number of piperazine rings is 1. The molecule has 1 aliphatic heterocycles. The Kier molecular flexibility index (Phi) is 6.13. The third-order valence-electron chi connectivity index (χ3n) is 4.57. The van der Waals surface area contributed by atoms with Gasteiger partial charge in [0, 0.05) is 10.2 Å². The molecule has 0 spiro atoms. The van der Waals surface area contributed by atoms with Crippen LogP contribution in [0.3, 0.4) is 0 Å². The number of sulfonamides is 1. The first kappa shape index (κ1) is 19.5. The SMILES string of the molecule is C[C@H](C(=O)Nc1ccc(Br)cc1)[NH+]1CCN(S(=O)(=O)c2cccs2)CC1. The fourth-order valence-corrected chi connectivity index (χ4v) is 5.80. The van der Waals surface area contributed by atoms with Crippen LogP contribution in [0.15, 0.2) is 50.5 Å². The lowest BCUT2D eigenvalue weighted by Crippen LogP contribution is -3.19. The second-order valence-corrected chi connectivity index (χ2v) is 10.2. The van der Waals surface area contributed by atoms with Crippen molar-refractivity contribution < 1.29 is 18.1 Å². The number of benzene rings is 1. The van der Waals surface area contributed by atoms with Gasteiger partial charge in [-0.3, -0.25) is 4.79 Å². The van der Waals surface area contributed by atoms with E-state index in [1.807, 2.05) is 31.2 Å². The Morgan fingerprint density at radius 1 is 1.23 bits per heavy atom. The first-order valence-electron chi connectivity index (χ1n) is 8.32. The van der Waals surface area contributed by atoms with E-state index in [0.29, 0.717) is 30.4 Å². The number of nitrogens with one attached hydrogen (secondary N) is 2. The average molecular weight is 459 g/mol. The predicted molar refractivity (Wildman–Crippen MR) is 106 cm³/mol. The van der Waals surface area contributed by atoms with E-state index < -0.39 is 10.0 Å². The number of quaternary nitrogens is 1. The molecule has 2 aromatic rings. The zero-order valence-corrected chi connectivity index (χ0v) is 17.5. The van der Waals surface area contributed by atoms with E-state index in [1.165, 1.54) is 15.6 Å². The molecular formula is C17H21BrN3O3S2+. The van der Waals surface area contributed by atoms with Gasteiger partial charge in [-0.2, -0.15) is 4.31 Å². The number of nitrogens with zero attached hydrogens (tertiary/aromatic N) is 1. The number of anilines is 1. The van der Waals surface area contributed by atoms with Crippen molar-refractivity contribution >= 4 is 48.9 Å². The molecule has 1 saturated heterocycles. The number of amides is 1. The molecule has 9 heteroatoms. The van der Waals surface area contributed by atoms with Crippen molar-refractivity contribution in [2.45, 2.75) is 17.2 Å². The number of rotatable bonds is 5. The van der Waals surface area contributed by atoms with Gasteiger partial charge >= 0.3 is 0 Å². The summed E-state index contributed by atoms with van der Waals surface area (Å²) in [7, 11) is -3.41. The highest BCUT2D eigenvalue weighted by atomic mass is 79.9. The molecule has 0 radical (unpaired) electrons. The van der Waals surface area contributed by atoms with Gasteiger partial charge in [-0.15, -0.1) is 11.3 Å². The van der Waals surface area contributed by atoms with Gasteiger partial charge in [0.1, 0.15) is 4.21 Å². The lowest BCUT2D eigenvalue weighted by molar-refractivity contribution is -0.917. The summed E-state index contributed by atoms with van der Waals surface area (Å²) in [5.74, 6) is -0.0584. The van der Waals surface area contributed by atoms with Crippen LogP contribution in [0.5, 0.6) is 0 Å². The van der Waals surface area contributed by atoms with Crippen LogP contribution in [0.2, 0.25) is 0 Å². The van der Waals surface area contributed by atoms with Gasteiger partial charge in [0.15, 0.2) is 6.04 Å². The van der Waals surface area contributed by atoms with E-state index >= 15 is 0 Å². The molecule has 1 aliphatic rings. The number of carbonyl (C=O) groups is 1.